The molecule has 0 amide bonds. The highest BCUT2D eigenvalue weighted by molar-refractivity contribution is 5.60. The zero-order chi connectivity index (χ0) is 8.27. The Balaban J connectivity index is 3.02. The van der Waals surface area contributed by atoms with Crippen LogP contribution in [0.5, 0.6) is 0 Å². The first-order valence-corrected chi connectivity index (χ1v) is 3.62. The summed E-state index contributed by atoms with van der Waals surface area (Å²) in [7, 11) is 0. The Morgan fingerprint density at radius 2 is 2.36 bits per heavy atom. The molecule has 1 aromatic rings. The van der Waals surface area contributed by atoms with Gasteiger partial charge in [0.25, 0.3) is 0 Å². The lowest BCUT2D eigenvalue weighted by atomic mass is 10.0. The highest BCUT2D eigenvalue weighted by Gasteiger charge is 2.06. The molecule has 0 aliphatic heterocycles. The van der Waals surface area contributed by atoms with Crippen LogP contribution in [-0.2, 0) is 4.79 Å². The zero-order valence-corrected chi connectivity index (χ0v) is 6.74. The van der Waals surface area contributed by atoms with E-state index in [1.807, 2.05) is 26.0 Å². The van der Waals surface area contributed by atoms with Crippen molar-refractivity contribution in [3.63, 3.8) is 0 Å². The predicted octanol–water partition coefficient (Wildman–Crippen LogP) is 1.69. The van der Waals surface area contributed by atoms with E-state index in [1.165, 1.54) is 0 Å². The van der Waals surface area contributed by atoms with Crippen molar-refractivity contribution in [3.05, 3.63) is 29.6 Å². The number of carbonyl (C=O) groups excluding carboxylic acids is 1. The van der Waals surface area contributed by atoms with E-state index in [9.17, 15) is 4.79 Å². The molecule has 0 aromatic carbocycles. The molecule has 1 rings (SSSR count). The Labute approximate surface area is 66.3 Å². The summed E-state index contributed by atoms with van der Waals surface area (Å²) in [6.07, 6.45) is 2.62. The minimum atomic E-state index is -0.0869. The molecule has 0 N–H and O–H groups in total. The van der Waals surface area contributed by atoms with Crippen LogP contribution in [0.2, 0.25) is 0 Å². The lowest BCUT2D eigenvalue weighted by Gasteiger charge is -2.04. The van der Waals surface area contributed by atoms with Gasteiger partial charge in [-0.25, -0.2) is 0 Å². The van der Waals surface area contributed by atoms with Gasteiger partial charge < -0.3 is 4.79 Å². The second-order valence-corrected chi connectivity index (χ2v) is 2.63. The molecule has 11 heavy (non-hydrogen) atoms. The number of pyridine rings is 1. The van der Waals surface area contributed by atoms with Crippen molar-refractivity contribution >= 4 is 6.29 Å². The number of aryl methyl sites for hydroxylation is 1. The molecule has 1 atom stereocenters. The number of nitrogens with zero attached hydrogens (tertiary/aromatic N) is 1. The number of rotatable bonds is 2. The smallest absolute Gasteiger partial charge is 0.128 e. The van der Waals surface area contributed by atoms with E-state index in [0.717, 1.165) is 17.5 Å². The van der Waals surface area contributed by atoms with Crippen LogP contribution in [0, 0.1) is 6.92 Å². The minimum absolute atomic E-state index is 0.0869. The molecule has 2 nitrogen and oxygen atoms in total. The van der Waals surface area contributed by atoms with Gasteiger partial charge in [0.15, 0.2) is 0 Å². The fraction of sp³-hybridized carbons (Fsp3) is 0.333. The van der Waals surface area contributed by atoms with Crippen molar-refractivity contribution < 1.29 is 4.79 Å². The fourth-order valence-corrected chi connectivity index (χ4v) is 1.04. The van der Waals surface area contributed by atoms with Crippen LogP contribution in [0.15, 0.2) is 18.3 Å². The third kappa shape index (κ3) is 1.64. The maximum absolute atomic E-state index is 10.4. The number of carbonyl (C=O) groups is 1. The molecular weight excluding hydrogens is 138 g/mol. The molecule has 0 radical (unpaired) electrons. The van der Waals surface area contributed by atoms with Crippen LogP contribution < -0.4 is 0 Å². The van der Waals surface area contributed by atoms with Gasteiger partial charge in [0.05, 0.1) is 11.6 Å². The SMILES string of the molecule is Cc1cccnc1C(C)C=O. The van der Waals surface area contributed by atoms with Crippen molar-refractivity contribution in [1.82, 2.24) is 4.98 Å². The number of hydrogen-bond donors (Lipinski definition) is 0. The van der Waals surface area contributed by atoms with E-state index < -0.39 is 0 Å². The largest absolute Gasteiger partial charge is 0.303 e. The molecule has 0 bridgehead atoms. The number of aromatic nitrogens is 1. The Bertz CT molecular complexity index is 257. The van der Waals surface area contributed by atoms with Crippen molar-refractivity contribution in [1.29, 1.82) is 0 Å². The van der Waals surface area contributed by atoms with Gasteiger partial charge in [-0.1, -0.05) is 13.0 Å². The van der Waals surface area contributed by atoms with Gasteiger partial charge in [-0.2, -0.15) is 0 Å². The average molecular weight is 149 g/mol. The Kier molecular flexibility index (Phi) is 2.36. The van der Waals surface area contributed by atoms with Gasteiger partial charge in [-0.3, -0.25) is 4.98 Å². The third-order valence-corrected chi connectivity index (χ3v) is 1.69. The van der Waals surface area contributed by atoms with E-state index in [0.29, 0.717) is 0 Å². The lowest BCUT2D eigenvalue weighted by molar-refractivity contribution is -0.108. The lowest BCUT2D eigenvalue weighted by Crippen LogP contribution is -1.99. The highest BCUT2D eigenvalue weighted by Crippen LogP contribution is 2.13. The maximum Gasteiger partial charge on any atom is 0.128 e. The van der Waals surface area contributed by atoms with Crippen molar-refractivity contribution in [3.8, 4) is 0 Å². The molecule has 1 aromatic heterocycles. The van der Waals surface area contributed by atoms with Crippen LogP contribution >= 0.6 is 0 Å². The topological polar surface area (TPSA) is 30.0 Å². The molecule has 2 heteroatoms. The second-order valence-electron chi connectivity index (χ2n) is 2.63. The summed E-state index contributed by atoms with van der Waals surface area (Å²) in [5.74, 6) is -0.0869. The summed E-state index contributed by atoms with van der Waals surface area (Å²) >= 11 is 0. The Hall–Kier alpha value is -1.18. The van der Waals surface area contributed by atoms with Gasteiger partial charge >= 0.3 is 0 Å². The van der Waals surface area contributed by atoms with E-state index in [2.05, 4.69) is 4.98 Å². The fourth-order valence-electron chi connectivity index (χ4n) is 1.04. The summed E-state index contributed by atoms with van der Waals surface area (Å²) in [5.41, 5.74) is 1.95. The van der Waals surface area contributed by atoms with Gasteiger partial charge in [-0.05, 0) is 18.6 Å². The van der Waals surface area contributed by atoms with Crippen LogP contribution in [0.3, 0.4) is 0 Å². The van der Waals surface area contributed by atoms with E-state index in [-0.39, 0.29) is 5.92 Å². The molecule has 0 aliphatic rings. The molecular formula is C9H11NO. The van der Waals surface area contributed by atoms with Gasteiger partial charge in [-0.15, -0.1) is 0 Å². The molecule has 1 heterocycles. The van der Waals surface area contributed by atoms with Crippen LogP contribution in [0.1, 0.15) is 24.1 Å². The summed E-state index contributed by atoms with van der Waals surface area (Å²) in [4.78, 5) is 14.5. The zero-order valence-electron chi connectivity index (χ0n) is 6.74. The molecule has 58 valence electrons. The number of hydrogen-bond acceptors (Lipinski definition) is 2. The van der Waals surface area contributed by atoms with E-state index >= 15 is 0 Å². The van der Waals surface area contributed by atoms with E-state index in [1.54, 1.807) is 6.20 Å². The van der Waals surface area contributed by atoms with Gasteiger partial charge in [0.2, 0.25) is 0 Å². The predicted molar refractivity (Wildman–Crippen MR) is 43.5 cm³/mol. The molecule has 0 saturated heterocycles. The molecule has 0 saturated carbocycles. The van der Waals surface area contributed by atoms with Crippen LogP contribution in [0.4, 0.5) is 0 Å². The second kappa shape index (κ2) is 3.28. The van der Waals surface area contributed by atoms with Crippen LogP contribution in [-0.4, -0.2) is 11.3 Å². The minimum Gasteiger partial charge on any atom is -0.303 e. The first kappa shape index (κ1) is 7.92. The summed E-state index contributed by atoms with van der Waals surface area (Å²) in [6.45, 7) is 3.81. The quantitative estimate of drug-likeness (QED) is 0.599. The molecule has 0 aliphatic carbocycles. The summed E-state index contributed by atoms with van der Waals surface area (Å²) in [5, 5.41) is 0. The molecule has 0 fully saturated rings. The standard InChI is InChI=1S/C9H11NO/c1-7-4-3-5-10-9(7)8(2)6-11/h3-6,8H,1-2H3. The monoisotopic (exact) mass is 149 g/mol. The van der Waals surface area contributed by atoms with Crippen molar-refractivity contribution in [2.45, 2.75) is 19.8 Å². The van der Waals surface area contributed by atoms with E-state index in [4.69, 9.17) is 0 Å². The Morgan fingerprint density at radius 1 is 1.64 bits per heavy atom. The normalized spacial score (nSPS) is 12.5. The van der Waals surface area contributed by atoms with Crippen LogP contribution in [0.25, 0.3) is 0 Å². The summed E-state index contributed by atoms with van der Waals surface area (Å²) in [6, 6.07) is 3.83. The average Bonchev–Trinajstić information content (AvgIpc) is 2.04. The first-order valence-electron chi connectivity index (χ1n) is 3.62. The number of aldehydes is 1. The van der Waals surface area contributed by atoms with Crippen molar-refractivity contribution in [2.75, 3.05) is 0 Å². The summed E-state index contributed by atoms with van der Waals surface area (Å²) < 4.78 is 0. The molecule has 1 unspecified atom stereocenters. The third-order valence-electron chi connectivity index (χ3n) is 1.69. The van der Waals surface area contributed by atoms with Crippen molar-refractivity contribution in [2.24, 2.45) is 0 Å². The Morgan fingerprint density at radius 3 is 2.91 bits per heavy atom. The first-order chi connectivity index (χ1) is 5.25. The van der Waals surface area contributed by atoms with Gasteiger partial charge in [0, 0.05) is 6.20 Å². The van der Waals surface area contributed by atoms with Gasteiger partial charge in [0.1, 0.15) is 6.29 Å². The maximum atomic E-state index is 10.4. The highest BCUT2D eigenvalue weighted by atomic mass is 16.1. The molecule has 0 spiro atoms.